The normalized spacial score (nSPS) is 14.4. The highest BCUT2D eigenvalue weighted by molar-refractivity contribution is 6.05. The molecule has 1 heterocycles. The Balaban J connectivity index is 1.51. The second kappa shape index (κ2) is 11.1. The van der Waals surface area contributed by atoms with Crippen molar-refractivity contribution in [1.29, 1.82) is 0 Å². The van der Waals surface area contributed by atoms with E-state index in [0.29, 0.717) is 42.0 Å². The van der Waals surface area contributed by atoms with Crippen LogP contribution < -0.4 is 10.1 Å². The van der Waals surface area contributed by atoms with Gasteiger partial charge >= 0.3 is 5.97 Å². The van der Waals surface area contributed by atoms with Gasteiger partial charge in [0.1, 0.15) is 11.9 Å². The van der Waals surface area contributed by atoms with Crippen molar-refractivity contribution in [2.75, 3.05) is 18.5 Å². The van der Waals surface area contributed by atoms with E-state index in [1.165, 1.54) is 0 Å². The molecule has 1 amide bonds. The molecule has 0 bridgehead atoms. The first-order valence-corrected chi connectivity index (χ1v) is 10.6. The summed E-state index contributed by atoms with van der Waals surface area (Å²) in [6.07, 6.45) is 3.70. The number of nitrogens with zero attached hydrogens (tertiary/aromatic N) is 1. The number of hydrogen-bond donors (Lipinski definition) is 1. The third-order valence-corrected chi connectivity index (χ3v) is 5.07. The molecule has 0 spiro atoms. The summed E-state index contributed by atoms with van der Waals surface area (Å²) in [6.45, 7) is 2.51. The van der Waals surface area contributed by atoms with Gasteiger partial charge in [0.2, 0.25) is 0 Å². The summed E-state index contributed by atoms with van der Waals surface area (Å²) in [6, 6.07) is 11.9. The number of amides is 1. The Morgan fingerprint density at radius 2 is 1.88 bits per heavy atom. The van der Waals surface area contributed by atoms with Gasteiger partial charge in [0.25, 0.3) is 11.0 Å². The first-order valence-electron chi connectivity index (χ1n) is 10.6. The minimum Gasteiger partial charge on any atom is -0.494 e. The summed E-state index contributed by atoms with van der Waals surface area (Å²) in [7, 11) is 0. The summed E-state index contributed by atoms with van der Waals surface area (Å²) in [5.41, 5.74) is 2.34. The highest BCUT2D eigenvalue weighted by atomic mass is 16.9. The molecule has 0 saturated carbocycles. The number of esters is 1. The maximum Gasteiger partial charge on any atom is 0.339 e. The molecule has 3 rings (SSSR count). The topological polar surface area (TPSA) is 117 Å². The van der Waals surface area contributed by atoms with Crippen LogP contribution in [0.25, 0.3) is 0 Å². The first-order chi connectivity index (χ1) is 15.5. The van der Waals surface area contributed by atoms with Crippen molar-refractivity contribution < 1.29 is 29.0 Å². The average Bonchev–Trinajstić information content (AvgIpc) is 3.09. The highest BCUT2D eigenvalue weighted by Crippen LogP contribution is 2.35. The lowest BCUT2D eigenvalue weighted by molar-refractivity contribution is -0.757. The molecule has 1 unspecified atom stereocenters. The lowest BCUT2D eigenvalue weighted by Crippen LogP contribution is -2.12. The van der Waals surface area contributed by atoms with E-state index in [0.717, 1.165) is 24.8 Å². The highest BCUT2D eigenvalue weighted by Gasteiger charge is 2.30. The van der Waals surface area contributed by atoms with Gasteiger partial charge in [-0.2, -0.15) is 0 Å². The van der Waals surface area contributed by atoms with Crippen LogP contribution in [0.4, 0.5) is 5.69 Å². The number of unbranched alkanes of at least 4 members (excludes halogenated alkanes) is 2. The molecule has 170 valence electrons. The molecule has 32 heavy (non-hydrogen) atoms. The molecule has 1 atom stereocenters. The predicted molar refractivity (Wildman–Crippen MR) is 116 cm³/mol. The Bertz CT molecular complexity index is 959. The van der Waals surface area contributed by atoms with Gasteiger partial charge in [-0.15, -0.1) is 10.1 Å². The molecular weight excluding hydrogens is 416 g/mol. The zero-order chi connectivity index (χ0) is 22.9. The largest absolute Gasteiger partial charge is 0.494 e. The molecule has 1 N–H and O–H groups in total. The first kappa shape index (κ1) is 23.1. The summed E-state index contributed by atoms with van der Waals surface area (Å²) in [5, 5.41) is 12.1. The second-order valence-electron chi connectivity index (χ2n) is 7.43. The number of carbonyl (C=O) groups is 2. The number of fused-ring (bicyclic) bond motifs is 1. The van der Waals surface area contributed by atoms with Gasteiger partial charge in [-0.25, -0.2) is 4.79 Å². The van der Waals surface area contributed by atoms with Gasteiger partial charge in [-0.05, 0) is 62.1 Å². The molecule has 2 aromatic carbocycles. The van der Waals surface area contributed by atoms with Crippen molar-refractivity contribution in [3.63, 3.8) is 0 Å². The smallest absolute Gasteiger partial charge is 0.339 e. The molecule has 1 aliphatic heterocycles. The van der Waals surface area contributed by atoms with Gasteiger partial charge < -0.3 is 19.6 Å². The van der Waals surface area contributed by atoms with Gasteiger partial charge in [0.05, 0.1) is 18.8 Å². The number of carbonyl (C=O) groups excluding carboxylic acids is 2. The zero-order valence-electron chi connectivity index (χ0n) is 17.9. The molecule has 1 aliphatic rings. The maximum absolute atomic E-state index is 12.6. The molecular formula is C23H26N2O7. The molecule has 0 aliphatic carbocycles. The number of nitrogens with one attached hydrogen (secondary N) is 1. The Morgan fingerprint density at radius 1 is 1.12 bits per heavy atom. The van der Waals surface area contributed by atoms with Crippen molar-refractivity contribution in [3.8, 4) is 5.75 Å². The fourth-order valence-electron chi connectivity index (χ4n) is 3.39. The molecule has 0 radical (unpaired) electrons. The summed E-state index contributed by atoms with van der Waals surface area (Å²) in [4.78, 5) is 39.0. The Labute approximate surface area is 185 Å². The minimum absolute atomic E-state index is 0.0370. The van der Waals surface area contributed by atoms with E-state index in [1.807, 2.05) is 6.07 Å². The van der Waals surface area contributed by atoms with Crippen LogP contribution >= 0.6 is 0 Å². The standard InChI is InChI=1S/C23H26N2O7/c1-2-3-6-21-19-12-9-17(15-20(19)23(27)32-21)24-22(26)16-7-10-18(11-8-16)30-13-4-5-14-31-25(28)29/h7-12,15,21H,2-6,13-14H2,1H3,(H,24,26). The lowest BCUT2D eigenvalue weighted by Gasteiger charge is -2.10. The van der Waals surface area contributed by atoms with Crippen LogP contribution in [-0.2, 0) is 9.57 Å². The Morgan fingerprint density at radius 3 is 2.59 bits per heavy atom. The molecule has 0 aromatic heterocycles. The van der Waals surface area contributed by atoms with Crippen molar-refractivity contribution in [2.24, 2.45) is 0 Å². The maximum atomic E-state index is 12.6. The SMILES string of the molecule is CCCCC1OC(=O)c2cc(NC(=O)c3ccc(OCCCCO[N+](=O)[O-])cc3)ccc21. The molecule has 2 aromatic rings. The van der Waals surface area contributed by atoms with Gasteiger partial charge in [0.15, 0.2) is 0 Å². The lowest BCUT2D eigenvalue weighted by atomic mass is 10.0. The number of hydrogen-bond acceptors (Lipinski definition) is 7. The van der Waals surface area contributed by atoms with Crippen LogP contribution in [0.1, 0.15) is 71.4 Å². The van der Waals surface area contributed by atoms with Gasteiger partial charge in [0, 0.05) is 16.8 Å². The Kier molecular flexibility index (Phi) is 8.02. The van der Waals surface area contributed by atoms with Gasteiger partial charge in [-0.1, -0.05) is 19.4 Å². The van der Waals surface area contributed by atoms with E-state index in [4.69, 9.17) is 9.47 Å². The van der Waals surface area contributed by atoms with E-state index in [2.05, 4.69) is 17.1 Å². The zero-order valence-corrected chi connectivity index (χ0v) is 17.9. The number of cyclic esters (lactones) is 1. The molecule has 9 heteroatoms. The van der Waals surface area contributed by atoms with Crippen LogP contribution in [0.3, 0.4) is 0 Å². The fourth-order valence-corrected chi connectivity index (χ4v) is 3.39. The number of anilines is 1. The molecule has 0 saturated heterocycles. The van der Waals surface area contributed by atoms with Crippen LogP contribution in [-0.4, -0.2) is 30.2 Å². The number of ether oxygens (including phenoxy) is 2. The molecule has 0 fully saturated rings. The summed E-state index contributed by atoms with van der Waals surface area (Å²) in [5.74, 6) is -0.0684. The van der Waals surface area contributed by atoms with Crippen molar-refractivity contribution in [2.45, 2.75) is 45.1 Å². The van der Waals surface area contributed by atoms with E-state index in [-0.39, 0.29) is 24.6 Å². The third-order valence-electron chi connectivity index (χ3n) is 5.07. The molecule has 9 nitrogen and oxygen atoms in total. The quantitative estimate of drug-likeness (QED) is 0.219. The van der Waals surface area contributed by atoms with Crippen LogP contribution in [0.15, 0.2) is 42.5 Å². The number of rotatable bonds is 12. The van der Waals surface area contributed by atoms with Crippen molar-refractivity contribution in [1.82, 2.24) is 0 Å². The third kappa shape index (κ3) is 6.19. The average molecular weight is 442 g/mol. The predicted octanol–water partition coefficient (Wildman–Crippen LogP) is 4.71. The monoisotopic (exact) mass is 442 g/mol. The van der Waals surface area contributed by atoms with Crippen LogP contribution in [0.5, 0.6) is 5.75 Å². The summed E-state index contributed by atoms with van der Waals surface area (Å²) >= 11 is 0. The second-order valence-corrected chi connectivity index (χ2v) is 7.43. The number of benzene rings is 2. The van der Waals surface area contributed by atoms with E-state index >= 15 is 0 Å². The Hall–Kier alpha value is -3.62. The van der Waals surface area contributed by atoms with Crippen molar-refractivity contribution in [3.05, 3.63) is 69.3 Å². The fraction of sp³-hybridized carbons (Fsp3) is 0.391. The minimum atomic E-state index is -0.816. The van der Waals surface area contributed by atoms with Crippen LogP contribution in [0.2, 0.25) is 0 Å². The van der Waals surface area contributed by atoms with E-state index in [1.54, 1.807) is 36.4 Å². The van der Waals surface area contributed by atoms with Crippen LogP contribution in [0, 0.1) is 10.1 Å². The van der Waals surface area contributed by atoms with Gasteiger partial charge in [-0.3, -0.25) is 4.79 Å². The summed E-state index contributed by atoms with van der Waals surface area (Å²) < 4.78 is 11.0. The van der Waals surface area contributed by atoms with Crippen molar-refractivity contribution >= 4 is 17.6 Å². The van der Waals surface area contributed by atoms with E-state index in [9.17, 15) is 19.7 Å². The van der Waals surface area contributed by atoms with E-state index < -0.39 is 5.09 Å².